The molecule has 0 fully saturated rings. The first-order valence-corrected chi connectivity index (χ1v) is 5.81. The molecule has 0 aliphatic carbocycles. The number of H-pyrrole nitrogens is 1. The first-order chi connectivity index (χ1) is 8.74. The largest absolute Gasteiger partial charge is 0.497 e. The van der Waals surface area contributed by atoms with Gasteiger partial charge in [-0.2, -0.15) is 5.26 Å². The summed E-state index contributed by atoms with van der Waals surface area (Å²) in [7, 11) is 1.65. The Hall–Kier alpha value is -2.28. The van der Waals surface area contributed by atoms with Gasteiger partial charge >= 0.3 is 0 Å². The van der Waals surface area contributed by atoms with Crippen LogP contribution in [0, 0.1) is 18.3 Å². The van der Waals surface area contributed by atoms with E-state index in [9.17, 15) is 0 Å². The smallest absolute Gasteiger partial charge is 0.119 e. The molecule has 2 rings (SSSR count). The lowest BCUT2D eigenvalue weighted by molar-refractivity contribution is 0.415. The highest BCUT2D eigenvalue weighted by atomic mass is 16.5. The fourth-order valence-electron chi connectivity index (χ4n) is 1.87. The lowest BCUT2D eigenvalue weighted by Crippen LogP contribution is -1.87. The standard InChI is InChI=1S/C14H15N3O/c1-10-14(17-13(16-10)7-4-8-15)11-5-3-6-12(9-11)18-2/h3,5-6,9H,4,7H2,1-2H3,(H,16,17). The highest BCUT2D eigenvalue weighted by Crippen LogP contribution is 2.25. The Bertz CT molecular complexity index is 581. The van der Waals surface area contributed by atoms with Crippen molar-refractivity contribution < 1.29 is 4.74 Å². The average Bonchev–Trinajstić information content (AvgIpc) is 2.77. The van der Waals surface area contributed by atoms with E-state index in [0.29, 0.717) is 12.8 Å². The van der Waals surface area contributed by atoms with E-state index in [1.54, 1.807) is 7.11 Å². The van der Waals surface area contributed by atoms with Crippen molar-refractivity contribution in [2.45, 2.75) is 19.8 Å². The molecule has 0 amide bonds. The van der Waals surface area contributed by atoms with Gasteiger partial charge in [-0.05, 0) is 19.1 Å². The van der Waals surface area contributed by atoms with Gasteiger partial charge in [-0.15, -0.1) is 0 Å². The summed E-state index contributed by atoms with van der Waals surface area (Å²) >= 11 is 0. The minimum Gasteiger partial charge on any atom is -0.497 e. The van der Waals surface area contributed by atoms with Gasteiger partial charge in [0, 0.05) is 24.1 Å². The molecule has 0 aliphatic heterocycles. The van der Waals surface area contributed by atoms with Crippen molar-refractivity contribution in [1.29, 1.82) is 5.26 Å². The summed E-state index contributed by atoms with van der Waals surface area (Å²) in [6.45, 7) is 1.98. The number of methoxy groups -OCH3 is 1. The minimum absolute atomic E-state index is 0.477. The first-order valence-electron chi connectivity index (χ1n) is 5.81. The molecule has 1 N–H and O–H groups in total. The topological polar surface area (TPSA) is 61.7 Å². The van der Waals surface area contributed by atoms with E-state index in [4.69, 9.17) is 10.00 Å². The summed E-state index contributed by atoms with van der Waals surface area (Å²) in [5.74, 6) is 1.67. The molecule has 0 saturated carbocycles. The highest BCUT2D eigenvalue weighted by molar-refractivity contribution is 5.63. The fraction of sp³-hybridized carbons (Fsp3) is 0.286. The van der Waals surface area contributed by atoms with E-state index in [-0.39, 0.29) is 0 Å². The van der Waals surface area contributed by atoms with Gasteiger partial charge in [-0.3, -0.25) is 0 Å². The van der Waals surface area contributed by atoms with Crippen LogP contribution in [-0.4, -0.2) is 17.1 Å². The second-order valence-electron chi connectivity index (χ2n) is 4.05. The zero-order valence-corrected chi connectivity index (χ0v) is 10.5. The van der Waals surface area contributed by atoms with Crippen LogP contribution in [0.1, 0.15) is 17.9 Å². The van der Waals surface area contributed by atoms with Gasteiger partial charge in [0.2, 0.25) is 0 Å². The number of nitriles is 1. The van der Waals surface area contributed by atoms with Crippen molar-refractivity contribution in [1.82, 2.24) is 9.97 Å². The van der Waals surface area contributed by atoms with Crippen molar-refractivity contribution >= 4 is 0 Å². The number of nitrogens with zero attached hydrogens (tertiary/aromatic N) is 2. The normalized spacial score (nSPS) is 10.1. The van der Waals surface area contributed by atoms with E-state index in [1.807, 2.05) is 31.2 Å². The number of ether oxygens (including phenoxy) is 1. The fourth-order valence-corrected chi connectivity index (χ4v) is 1.87. The quantitative estimate of drug-likeness (QED) is 0.895. The molecule has 4 heteroatoms. The maximum Gasteiger partial charge on any atom is 0.119 e. The van der Waals surface area contributed by atoms with Gasteiger partial charge in [0.05, 0.1) is 18.9 Å². The van der Waals surface area contributed by atoms with Crippen molar-refractivity contribution in [3.63, 3.8) is 0 Å². The van der Waals surface area contributed by atoms with Crippen LogP contribution in [0.15, 0.2) is 24.3 Å². The van der Waals surface area contributed by atoms with E-state index < -0.39 is 0 Å². The third-order valence-corrected chi connectivity index (χ3v) is 2.75. The maximum atomic E-state index is 8.58. The average molecular weight is 241 g/mol. The molecule has 0 radical (unpaired) electrons. The second kappa shape index (κ2) is 5.37. The van der Waals surface area contributed by atoms with Crippen LogP contribution in [0.5, 0.6) is 5.75 Å². The molecule has 0 bridgehead atoms. The molecule has 4 nitrogen and oxygen atoms in total. The predicted octanol–water partition coefficient (Wildman–Crippen LogP) is 2.85. The number of aromatic nitrogens is 2. The zero-order valence-electron chi connectivity index (χ0n) is 10.5. The Labute approximate surface area is 106 Å². The molecule has 0 saturated heterocycles. The third-order valence-electron chi connectivity index (χ3n) is 2.75. The van der Waals surface area contributed by atoms with Gasteiger partial charge in [0.25, 0.3) is 0 Å². The molecule has 0 spiro atoms. The SMILES string of the molecule is COc1cccc(-c2nc(CCC#N)[nH]c2C)c1. The monoisotopic (exact) mass is 241 g/mol. The number of imidazole rings is 1. The lowest BCUT2D eigenvalue weighted by Gasteiger charge is -2.02. The Morgan fingerprint density at radius 2 is 2.28 bits per heavy atom. The highest BCUT2D eigenvalue weighted by Gasteiger charge is 2.09. The van der Waals surface area contributed by atoms with Crippen molar-refractivity contribution in [3.8, 4) is 23.1 Å². The summed E-state index contributed by atoms with van der Waals surface area (Å²) in [6, 6.07) is 9.92. The number of rotatable bonds is 4. The predicted molar refractivity (Wildman–Crippen MR) is 69.2 cm³/mol. The van der Waals surface area contributed by atoms with Crippen LogP contribution < -0.4 is 4.74 Å². The number of aryl methyl sites for hydroxylation is 2. The Morgan fingerprint density at radius 1 is 1.44 bits per heavy atom. The molecule has 1 aromatic heterocycles. The van der Waals surface area contributed by atoms with Gasteiger partial charge < -0.3 is 9.72 Å². The van der Waals surface area contributed by atoms with Gasteiger partial charge in [0.15, 0.2) is 0 Å². The van der Waals surface area contributed by atoms with Crippen LogP contribution in [0.25, 0.3) is 11.3 Å². The molecule has 1 heterocycles. The number of nitrogens with one attached hydrogen (secondary N) is 1. The zero-order chi connectivity index (χ0) is 13.0. The lowest BCUT2D eigenvalue weighted by atomic mass is 10.1. The van der Waals surface area contributed by atoms with Crippen LogP contribution in [0.2, 0.25) is 0 Å². The summed E-state index contributed by atoms with van der Waals surface area (Å²) < 4.78 is 5.21. The van der Waals surface area contributed by atoms with Crippen LogP contribution >= 0.6 is 0 Å². The minimum atomic E-state index is 0.477. The van der Waals surface area contributed by atoms with Crippen molar-refractivity contribution in [3.05, 3.63) is 35.8 Å². The Morgan fingerprint density at radius 3 is 3.00 bits per heavy atom. The van der Waals surface area contributed by atoms with E-state index in [0.717, 1.165) is 28.5 Å². The van der Waals surface area contributed by atoms with Crippen LogP contribution in [0.3, 0.4) is 0 Å². The summed E-state index contributed by atoms with van der Waals surface area (Å²) in [4.78, 5) is 7.74. The molecular weight excluding hydrogens is 226 g/mol. The summed E-state index contributed by atoms with van der Waals surface area (Å²) in [5, 5.41) is 8.58. The van der Waals surface area contributed by atoms with Crippen molar-refractivity contribution in [2.24, 2.45) is 0 Å². The molecular formula is C14H15N3O. The van der Waals surface area contributed by atoms with E-state index >= 15 is 0 Å². The molecule has 2 aromatic rings. The summed E-state index contributed by atoms with van der Waals surface area (Å²) in [5.41, 5.74) is 2.95. The number of hydrogen-bond donors (Lipinski definition) is 1. The van der Waals surface area contributed by atoms with Crippen LogP contribution in [-0.2, 0) is 6.42 Å². The van der Waals surface area contributed by atoms with Gasteiger partial charge in [-0.25, -0.2) is 4.98 Å². The molecule has 92 valence electrons. The summed E-state index contributed by atoms with van der Waals surface area (Å²) in [6.07, 6.45) is 1.13. The molecule has 0 atom stereocenters. The third kappa shape index (κ3) is 2.51. The Balaban J connectivity index is 2.32. The Kier molecular flexibility index (Phi) is 3.63. The maximum absolute atomic E-state index is 8.58. The molecule has 0 aliphatic rings. The molecule has 18 heavy (non-hydrogen) atoms. The number of benzene rings is 1. The first kappa shape index (κ1) is 12.2. The second-order valence-corrected chi connectivity index (χ2v) is 4.05. The van der Waals surface area contributed by atoms with Gasteiger partial charge in [0.1, 0.15) is 11.6 Å². The van der Waals surface area contributed by atoms with Crippen molar-refractivity contribution in [2.75, 3.05) is 7.11 Å². The van der Waals surface area contributed by atoms with E-state index in [2.05, 4.69) is 16.0 Å². The van der Waals surface area contributed by atoms with Gasteiger partial charge in [-0.1, -0.05) is 12.1 Å². The molecule has 1 aromatic carbocycles. The number of hydrogen-bond acceptors (Lipinski definition) is 3. The van der Waals surface area contributed by atoms with Crippen LogP contribution in [0.4, 0.5) is 0 Å². The number of aromatic amines is 1. The molecule has 0 unspecified atom stereocenters. The van der Waals surface area contributed by atoms with E-state index in [1.165, 1.54) is 0 Å².